The predicted octanol–water partition coefficient (Wildman–Crippen LogP) is 2.98. The van der Waals surface area contributed by atoms with Crippen molar-refractivity contribution in [1.82, 2.24) is 9.88 Å². The van der Waals surface area contributed by atoms with Gasteiger partial charge in [-0.25, -0.2) is 4.98 Å². The summed E-state index contributed by atoms with van der Waals surface area (Å²) in [5.41, 5.74) is 5.29. The number of halogens is 3. The lowest BCUT2D eigenvalue weighted by Crippen LogP contribution is -2.59. The molecule has 4 saturated carbocycles. The van der Waals surface area contributed by atoms with Crippen LogP contribution in [0.2, 0.25) is 0 Å². The summed E-state index contributed by atoms with van der Waals surface area (Å²) in [5, 5.41) is 9.92. The molecule has 1 aliphatic heterocycles. The number of hydrogen-bond acceptors (Lipinski definition) is 7. The Bertz CT molecular complexity index is 1050. The van der Waals surface area contributed by atoms with Crippen LogP contribution in [0.15, 0.2) is 23.3 Å². The molecule has 4 bridgehead atoms. The molecule has 4 aliphatic carbocycles. The summed E-state index contributed by atoms with van der Waals surface area (Å²) in [5.74, 6) is 1.72. The first-order valence-electron chi connectivity index (χ1n) is 12.5. The van der Waals surface area contributed by atoms with Crippen molar-refractivity contribution in [3.05, 3.63) is 23.9 Å². The molecule has 3 atom stereocenters. The second-order valence-electron chi connectivity index (χ2n) is 10.7. The fourth-order valence-corrected chi connectivity index (χ4v) is 7.09. The monoisotopic (exact) mass is 504 g/mol. The summed E-state index contributed by atoms with van der Waals surface area (Å²) in [6.45, 7) is 3.55. The van der Waals surface area contributed by atoms with Crippen molar-refractivity contribution >= 4 is 17.6 Å². The molecule has 3 unspecified atom stereocenters. The lowest BCUT2D eigenvalue weighted by molar-refractivity contribution is -0.186. The van der Waals surface area contributed by atoms with Gasteiger partial charge in [-0.05, 0) is 62.0 Å². The highest BCUT2D eigenvalue weighted by molar-refractivity contribution is 5.88. The number of nitriles is 1. The van der Waals surface area contributed by atoms with Crippen LogP contribution in [-0.2, 0) is 15.7 Å². The Morgan fingerprint density at radius 3 is 2.42 bits per heavy atom. The fraction of sp³-hybridized carbons (Fsp3) is 0.680. The highest BCUT2D eigenvalue weighted by Crippen LogP contribution is 2.58. The van der Waals surface area contributed by atoms with E-state index in [0.29, 0.717) is 55.6 Å². The van der Waals surface area contributed by atoms with E-state index in [4.69, 9.17) is 15.5 Å². The average molecular weight is 505 g/mol. The molecule has 5 fully saturated rings. The summed E-state index contributed by atoms with van der Waals surface area (Å²) in [4.78, 5) is 24.4. The number of carbonyl (C=O) groups is 1. The van der Waals surface area contributed by atoms with Crippen molar-refractivity contribution in [3.8, 4) is 6.07 Å². The van der Waals surface area contributed by atoms with Gasteiger partial charge in [0.1, 0.15) is 17.3 Å². The number of piperazine rings is 1. The maximum absolute atomic E-state index is 12.8. The Kier molecular flexibility index (Phi) is 6.35. The summed E-state index contributed by atoms with van der Waals surface area (Å²) >= 11 is 0. The van der Waals surface area contributed by atoms with Crippen LogP contribution in [0.5, 0.6) is 0 Å². The number of rotatable bonds is 5. The first-order chi connectivity index (χ1) is 17.1. The van der Waals surface area contributed by atoms with Crippen LogP contribution in [0.1, 0.15) is 44.6 Å². The van der Waals surface area contributed by atoms with E-state index in [2.05, 4.69) is 11.1 Å². The topological polar surface area (TPSA) is 108 Å². The highest BCUT2D eigenvalue weighted by atomic mass is 19.4. The second-order valence-corrected chi connectivity index (χ2v) is 10.7. The number of alkyl halides is 3. The van der Waals surface area contributed by atoms with Crippen molar-refractivity contribution in [2.24, 2.45) is 28.5 Å². The molecular weight excluding hydrogens is 473 g/mol. The van der Waals surface area contributed by atoms with Crippen LogP contribution in [0, 0.1) is 29.1 Å². The number of anilines is 1. The molecule has 1 aromatic rings. The quantitative estimate of drug-likeness (QED) is 0.373. The number of amidine groups is 1. The van der Waals surface area contributed by atoms with Gasteiger partial charge < -0.3 is 15.4 Å². The van der Waals surface area contributed by atoms with Crippen molar-refractivity contribution in [1.29, 1.82) is 5.26 Å². The molecule has 11 heteroatoms. The van der Waals surface area contributed by atoms with Crippen molar-refractivity contribution in [2.45, 2.75) is 62.9 Å². The van der Waals surface area contributed by atoms with Gasteiger partial charge in [-0.15, -0.1) is 0 Å². The molecule has 2 heterocycles. The molecule has 0 radical (unpaired) electrons. The molecule has 0 spiro atoms. The maximum atomic E-state index is 12.8. The van der Waals surface area contributed by atoms with Crippen molar-refractivity contribution < 1.29 is 22.7 Å². The zero-order chi connectivity index (χ0) is 25.7. The Morgan fingerprint density at radius 1 is 1.22 bits per heavy atom. The number of ether oxygens (including phenoxy) is 1. The molecule has 5 aliphatic rings. The van der Waals surface area contributed by atoms with Gasteiger partial charge in [-0.3, -0.25) is 14.7 Å². The normalized spacial score (nSPS) is 33.3. The summed E-state index contributed by atoms with van der Waals surface area (Å²) < 4.78 is 44.2. The molecule has 2 N–H and O–H groups in total. The van der Waals surface area contributed by atoms with Gasteiger partial charge >= 0.3 is 12.1 Å². The van der Waals surface area contributed by atoms with E-state index in [1.807, 2.05) is 9.80 Å². The Balaban J connectivity index is 1.22. The SMILES string of the molecule is CC(=O)OC12CC3CC(C1)C(N=C(N)C(C#N)N1CCN(c4ccc(C(F)(F)F)cn4)CC1)C(C3)C2. The first kappa shape index (κ1) is 24.8. The van der Waals surface area contributed by atoms with Gasteiger partial charge in [0, 0.05) is 39.3 Å². The van der Waals surface area contributed by atoms with E-state index in [-0.39, 0.29) is 17.6 Å². The molecule has 1 aromatic heterocycles. The second kappa shape index (κ2) is 9.21. The van der Waals surface area contributed by atoms with Gasteiger partial charge in [-0.2, -0.15) is 18.4 Å². The largest absolute Gasteiger partial charge is 0.459 e. The van der Waals surface area contributed by atoms with Crippen LogP contribution in [0.4, 0.5) is 19.0 Å². The number of carbonyl (C=O) groups excluding carboxylic acids is 1. The van der Waals surface area contributed by atoms with E-state index in [9.17, 15) is 23.2 Å². The first-order valence-corrected chi connectivity index (χ1v) is 12.5. The molecule has 0 amide bonds. The lowest BCUT2D eigenvalue weighted by Gasteiger charge is -2.58. The summed E-state index contributed by atoms with van der Waals surface area (Å²) in [6.07, 6.45) is 1.08. The van der Waals surface area contributed by atoms with Crippen molar-refractivity contribution in [3.63, 3.8) is 0 Å². The Labute approximate surface area is 208 Å². The third-order valence-electron chi connectivity index (χ3n) is 8.31. The minimum Gasteiger partial charge on any atom is -0.459 e. The van der Waals surface area contributed by atoms with E-state index in [1.54, 1.807) is 0 Å². The van der Waals surface area contributed by atoms with E-state index in [0.717, 1.165) is 44.4 Å². The number of esters is 1. The number of aliphatic imine (C=N–C) groups is 1. The Hall–Kier alpha value is -2.87. The van der Waals surface area contributed by atoms with Gasteiger partial charge in [0.2, 0.25) is 0 Å². The molecule has 1 saturated heterocycles. The van der Waals surface area contributed by atoms with E-state index < -0.39 is 17.8 Å². The molecule has 6 rings (SSSR count). The zero-order valence-corrected chi connectivity index (χ0v) is 20.2. The van der Waals surface area contributed by atoms with Crippen LogP contribution in [0.25, 0.3) is 0 Å². The highest BCUT2D eigenvalue weighted by Gasteiger charge is 2.57. The molecule has 0 aromatic carbocycles. The predicted molar refractivity (Wildman–Crippen MR) is 126 cm³/mol. The number of hydrogen-bond donors (Lipinski definition) is 1. The Morgan fingerprint density at radius 2 is 1.89 bits per heavy atom. The minimum absolute atomic E-state index is 0.0405. The third kappa shape index (κ3) is 4.75. The van der Waals surface area contributed by atoms with Crippen molar-refractivity contribution in [2.75, 3.05) is 31.1 Å². The number of pyridine rings is 1. The standard InChI is InChI=1S/C25H31F3N6O2/c1-15(35)36-24-10-16-8-17(11-24)22(18(9-16)12-24)32-23(30)20(13-29)33-4-6-34(7-5-33)21-3-2-19(14-31-21)25(26,27)28/h2-3,14,16-18,20,22H,4-12H2,1H3,(H2,30,32). The van der Waals surface area contributed by atoms with Crippen LogP contribution >= 0.6 is 0 Å². The van der Waals surface area contributed by atoms with Gasteiger partial charge in [-0.1, -0.05) is 0 Å². The van der Waals surface area contributed by atoms with Gasteiger partial charge in [0.15, 0.2) is 6.04 Å². The third-order valence-corrected chi connectivity index (χ3v) is 8.31. The number of nitrogens with zero attached hydrogens (tertiary/aromatic N) is 5. The molecule has 8 nitrogen and oxygen atoms in total. The number of nitrogens with two attached hydrogens (primary N) is 1. The van der Waals surface area contributed by atoms with Gasteiger partial charge in [0.25, 0.3) is 0 Å². The summed E-state index contributed by atoms with van der Waals surface area (Å²) in [6, 6.07) is 4.09. The van der Waals surface area contributed by atoms with E-state index in [1.165, 1.54) is 13.0 Å². The maximum Gasteiger partial charge on any atom is 0.417 e. The number of aromatic nitrogens is 1. The lowest BCUT2D eigenvalue weighted by atomic mass is 9.52. The van der Waals surface area contributed by atoms with Crippen LogP contribution < -0.4 is 10.6 Å². The summed E-state index contributed by atoms with van der Waals surface area (Å²) in [7, 11) is 0. The molecular formula is C25H31F3N6O2. The van der Waals surface area contributed by atoms with Crippen LogP contribution in [-0.4, -0.2) is 65.6 Å². The van der Waals surface area contributed by atoms with Gasteiger partial charge in [0.05, 0.1) is 17.7 Å². The van der Waals surface area contributed by atoms with E-state index >= 15 is 0 Å². The molecule has 194 valence electrons. The molecule has 36 heavy (non-hydrogen) atoms. The zero-order valence-electron chi connectivity index (χ0n) is 20.2. The average Bonchev–Trinajstić information content (AvgIpc) is 2.81. The van der Waals surface area contributed by atoms with Crippen LogP contribution in [0.3, 0.4) is 0 Å². The minimum atomic E-state index is -4.42. The smallest absolute Gasteiger partial charge is 0.417 e. The fourth-order valence-electron chi connectivity index (χ4n) is 7.09.